The predicted octanol–water partition coefficient (Wildman–Crippen LogP) is 2.31. The third kappa shape index (κ3) is 2.81. The molecule has 16 heavy (non-hydrogen) atoms. The molecular weight excluding hydrogens is 224 g/mol. The van der Waals surface area contributed by atoms with Gasteiger partial charge in [-0.1, -0.05) is 23.7 Å². The second-order valence-electron chi connectivity index (χ2n) is 3.59. The summed E-state index contributed by atoms with van der Waals surface area (Å²) in [4.78, 5) is 4.04. The lowest BCUT2D eigenvalue weighted by molar-refractivity contribution is 0.560. The maximum absolute atomic E-state index is 5.93. The van der Waals surface area contributed by atoms with Gasteiger partial charge in [0.25, 0.3) is 0 Å². The molecule has 0 aliphatic rings. The van der Waals surface area contributed by atoms with Gasteiger partial charge in [-0.25, -0.2) is 4.98 Å². The Bertz CT molecular complexity index is 441. The number of H-pyrrole nitrogens is 1. The van der Waals surface area contributed by atoms with E-state index in [1.807, 2.05) is 24.3 Å². The molecule has 0 spiro atoms. The second-order valence-corrected chi connectivity index (χ2v) is 4.03. The van der Waals surface area contributed by atoms with Gasteiger partial charge in [-0.05, 0) is 24.6 Å². The van der Waals surface area contributed by atoms with Crippen LogP contribution in [0.2, 0.25) is 5.02 Å². The van der Waals surface area contributed by atoms with Gasteiger partial charge in [0, 0.05) is 11.1 Å². The van der Waals surface area contributed by atoms with Crippen molar-refractivity contribution in [2.24, 2.45) is 0 Å². The quantitative estimate of drug-likeness (QED) is 0.857. The highest BCUT2D eigenvalue weighted by Crippen LogP contribution is 2.17. The molecule has 2 N–H and O–H groups in total. The van der Waals surface area contributed by atoms with Gasteiger partial charge in [0.2, 0.25) is 0 Å². The summed E-state index contributed by atoms with van der Waals surface area (Å²) in [5.74, 6) is 0.828. The zero-order valence-electron chi connectivity index (χ0n) is 8.94. The number of hydrogen-bond donors (Lipinski definition) is 2. The van der Waals surface area contributed by atoms with E-state index < -0.39 is 0 Å². The molecular formula is C11H13ClN4. The largest absolute Gasteiger partial charge is 0.303 e. The van der Waals surface area contributed by atoms with Gasteiger partial charge in [0.05, 0.1) is 6.54 Å². The van der Waals surface area contributed by atoms with Gasteiger partial charge in [-0.15, -0.1) is 0 Å². The molecule has 1 atom stereocenters. The third-order valence-corrected chi connectivity index (χ3v) is 2.62. The lowest BCUT2D eigenvalue weighted by Gasteiger charge is -2.13. The first-order valence-electron chi connectivity index (χ1n) is 5.09. The van der Waals surface area contributed by atoms with Crippen LogP contribution in [0.5, 0.6) is 0 Å². The van der Waals surface area contributed by atoms with E-state index in [0.717, 1.165) is 16.4 Å². The fraction of sp³-hybridized carbons (Fsp3) is 0.273. The molecule has 1 aromatic carbocycles. The Morgan fingerprint density at radius 1 is 1.50 bits per heavy atom. The van der Waals surface area contributed by atoms with E-state index in [2.05, 4.69) is 27.4 Å². The van der Waals surface area contributed by atoms with E-state index >= 15 is 0 Å². The Morgan fingerprint density at radius 3 is 3.06 bits per heavy atom. The SMILES string of the molecule is CC(NCc1ncn[nH]1)c1cccc(Cl)c1. The second kappa shape index (κ2) is 5.09. The van der Waals surface area contributed by atoms with Crippen molar-refractivity contribution in [2.45, 2.75) is 19.5 Å². The first kappa shape index (κ1) is 11.1. The van der Waals surface area contributed by atoms with Gasteiger partial charge in [-0.3, -0.25) is 5.10 Å². The summed E-state index contributed by atoms with van der Waals surface area (Å²) in [6.45, 7) is 2.75. The van der Waals surface area contributed by atoms with Crippen LogP contribution in [0.1, 0.15) is 24.4 Å². The number of aromatic amines is 1. The molecule has 1 unspecified atom stereocenters. The number of hydrogen-bond acceptors (Lipinski definition) is 3. The summed E-state index contributed by atoms with van der Waals surface area (Å²) in [5.41, 5.74) is 1.16. The molecule has 1 aromatic heterocycles. The van der Waals surface area contributed by atoms with E-state index in [9.17, 15) is 0 Å². The van der Waals surface area contributed by atoms with Crippen molar-refractivity contribution in [1.82, 2.24) is 20.5 Å². The molecule has 5 heteroatoms. The highest BCUT2D eigenvalue weighted by Gasteiger charge is 2.05. The van der Waals surface area contributed by atoms with Crippen molar-refractivity contribution in [2.75, 3.05) is 0 Å². The Balaban J connectivity index is 1.95. The minimum Gasteiger partial charge on any atom is -0.303 e. The van der Waals surface area contributed by atoms with E-state index in [4.69, 9.17) is 11.6 Å². The molecule has 1 heterocycles. The molecule has 0 aliphatic heterocycles. The average Bonchev–Trinajstić information content (AvgIpc) is 2.78. The van der Waals surface area contributed by atoms with E-state index in [1.165, 1.54) is 6.33 Å². The van der Waals surface area contributed by atoms with Crippen LogP contribution >= 0.6 is 11.6 Å². The van der Waals surface area contributed by atoms with Gasteiger partial charge in [0.15, 0.2) is 0 Å². The van der Waals surface area contributed by atoms with Gasteiger partial charge < -0.3 is 5.32 Å². The van der Waals surface area contributed by atoms with Crippen molar-refractivity contribution in [3.63, 3.8) is 0 Å². The Labute approximate surface area is 99.1 Å². The molecule has 4 nitrogen and oxygen atoms in total. The number of halogens is 1. The average molecular weight is 237 g/mol. The zero-order valence-corrected chi connectivity index (χ0v) is 9.70. The van der Waals surface area contributed by atoms with E-state index in [-0.39, 0.29) is 6.04 Å². The minimum absolute atomic E-state index is 0.226. The molecule has 0 saturated heterocycles. The molecule has 0 fully saturated rings. The van der Waals surface area contributed by atoms with Gasteiger partial charge >= 0.3 is 0 Å². The first-order chi connectivity index (χ1) is 7.75. The first-order valence-corrected chi connectivity index (χ1v) is 5.46. The summed E-state index contributed by atoms with van der Waals surface area (Å²) in [6.07, 6.45) is 1.50. The molecule has 0 amide bonds. The lowest BCUT2D eigenvalue weighted by atomic mass is 10.1. The normalized spacial score (nSPS) is 12.6. The Kier molecular flexibility index (Phi) is 3.54. The van der Waals surface area contributed by atoms with Crippen LogP contribution in [0.15, 0.2) is 30.6 Å². The Hall–Kier alpha value is -1.39. The van der Waals surface area contributed by atoms with Crippen LogP contribution in [0.4, 0.5) is 0 Å². The summed E-state index contributed by atoms with van der Waals surface area (Å²) in [7, 11) is 0. The van der Waals surface area contributed by atoms with Crippen LogP contribution in [-0.4, -0.2) is 15.2 Å². The van der Waals surface area contributed by atoms with E-state index in [0.29, 0.717) is 6.54 Å². The Morgan fingerprint density at radius 2 is 2.38 bits per heavy atom. The number of aromatic nitrogens is 3. The molecule has 84 valence electrons. The number of nitrogens with zero attached hydrogens (tertiary/aromatic N) is 2. The summed E-state index contributed by atoms with van der Waals surface area (Å²) in [6, 6.07) is 8.05. The fourth-order valence-electron chi connectivity index (χ4n) is 1.46. The molecule has 0 saturated carbocycles. The topological polar surface area (TPSA) is 53.6 Å². The van der Waals surface area contributed by atoms with Crippen LogP contribution in [0.3, 0.4) is 0 Å². The molecule has 0 bridgehead atoms. The van der Waals surface area contributed by atoms with Crippen molar-refractivity contribution < 1.29 is 0 Å². The van der Waals surface area contributed by atoms with Crippen LogP contribution in [0, 0.1) is 0 Å². The predicted molar refractivity (Wildman–Crippen MR) is 63.1 cm³/mol. The smallest absolute Gasteiger partial charge is 0.138 e. The molecule has 2 aromatic rings. The van der Waals surface area contributed by atoms with Crippen molar-refractivity contribution in [3.05, 3.63) is 47.0 Å². The third-order valence-electron chi connectivity index (χ3n) is 2.39. The maximum Gasteiger partial charge on any atom is 0.138 e. The maximum atomic E-state index is 5.93. The van der Waals surface area contributed by atoms with Crippen LogP contribution in [-0.2, 0) is 6.54 Å². The standard InChI is InChI=1S/C11H13ClN4/c1-8(9-3-2-4-10(12)5-9)13-6-11-14-7-15-16-11/h2-5,7-8,13H,6H2,1H3,(H,14,15,16). The summed E-state index contributed by atoms with van der Waals surface area (Å²) < 4.78 is 0. The molecule has 2 rings (SSSR count). The fourth-order valence-corrected chi connectivity index (χ4v) is 1.66. The van der Waals surface area contributed by atoms with E-state index in [1.54, 1.807) is 0 Å². The van der Waals surface area contributed by atoms with Crippen molar-refractivity contribution in [1.29, 1.82) is 0 Å². The molecule has 0 radical (unpaired) electrons. The molecule has 0 aliphatic carbocycles. The van der Waals surface area contributed by atoms with Gasteiger partial charge in [-0.2, -0.15) is 5.10 Å². The van der Waals surface area contributed by atoms with Crippen molar-refractivity contribution >= 4 is 11.6 Å². The zero-order chi connectivity index (χ0) is 11.4. The monoisotopic (exact) mass is 236 g/mol. The van der Waals surface area contributed by atoms with Gasteiger partial charge in [0.1, 0.15) is 12.2 Å². The number of rotatable bonds is 4. The summed E-state index contributed by atoms with van der Waals surface area (Å²) in [5, 5.41) is 10.7. The minimum atomic E-state index is 0.226. The van der Waals surface area contributed by atoms with Crippen molar-refractivity contribution in [3.8, 4) is 0 Å². The number of benzene rings is 1. The lowest BCUT2D eigenvalue weighted by Crippen LogP contribution is -2.18. The highest BCUT2D eigenvalue weighted by atomic mass is 35.5. The number of nitrogens with one attached hydrogen (secondary N) is 2. The highest BCUT2D eigenvalue weighted by molar-refractivity contribution is 6.30. The van der Waals surface area contributed by atoms with Crippen LogP contribution < -0.4 is 5.32 Å². The summed E-state index contributed by atoms with van der Waals surface area (Å²) >= 11 is 5.93. The van der Waals surface area contributed by atoms with Crippen LogP contribution in [0.25, 0.3) is 0 Å².